The molecule has 0 aliphatic heterocycles. The summed E-state index contributed by atoms with van der Waals surface area (Å²) in [6.07, 6.45) is 1.13. The van der Waals surface area contributed by atoms with Gasteiger partial charge < -0.3 is 5.32 Å². The number of hydrogen-bond donors (Lipinski definition) is 1. The molecule has 1 aromatic heterocycles. The van der Waals surface area contributed by atoms with Gasteiger partial charge in [-0.3, -0.25) is 0 Å². The number of anilines is 1. The first-order chi connectivity index (χ1) is 8.19. The first-order valence-electron chi connectivity index (χ1n) is 6.07. The molecule has 1 aromatic carbocycles. The lowest BCUT2D eigenvalue weighted by atomic mass is 10.1. The Morgan fingerprint density at radius 1 is 1.00 bits per heavy atom. The Bertz CT molecular complexity index is 499. The van der Waals surface area contributed by atoms with Crippen molar-refractivity contribution in [2.45, 2.75) is 33.7 Å². The van der Waals surface area contributed by atoms with Crippen LogP contribution in [0.1, 0.15) is 27.8 Å². The van der Waals surface area contributed by atoms with Crippen LogP contribution in [0.5, 0.6) is 0 Å². The second-order valence-electron chi connectivity index (χ2n) is 4.37. The highest BCUT2D eigenvalue weighted by Gasteiger charge is 1.99. The van der Waals surface area contributed by atoms with E-state index in [9.17, 15) is 0 Å². The van der Waals surface area contributed by atoms with Crippen LogP contribution in [-0.4, -0.2) is 0 Å². The van der Waals surface area contributed by atoms with Crippen LogP contribution in [0.2, 0.25) is 0 Å². The summed E-state index contributed by atoms with van der Waals surface area (Å²) < 4.78 is 0. The Morgan fingerprint density at radius 3 is 2.41 bits per heavy atom. The lowest BCUT2D eigenvalue weighted by molar-refractivity contribution is 1.18. The highest BCUT2D eigenvalue weighted by Crippen LogP contribution is 2.19. The van der Waals surface area contributed by atoms with E-state index in [1.165, 1.54) is 26.6 Å². The number of aryl methyl sites for hydroxylation is 3. The van der Waals surface area contributed by atoms with Crippen molar-refractivity contribution in [3.63, 3.8) is 0 Å². The third-order valence-corrected chi connectivity index (χ3v) is 4.27. The Kier molecular flexibility index (Phi) is 3.85. The number of nitrogens with one attached hydrogen (secondary N) is 1. The summed E-state index contributed by atoms with van der Waals surface area (Å²) in [5.41, 5.74) is 3.90. The van der Waals surface area contributed by atoms with E-state index in [-0.39, 0.29) is 0 Å². The van der Waals surface area contributed by atoms with Gasteiger partial charge in [-0.2, -0.15) is 0 Å². The van der Waals surface area contributed by atoms with Crippen molar-refractivity contribution in [2.24, 2.45) is 0 Å². The molecule has 1 nitrogen and oxygen atoms in total. The molecule has 0 amide bonds. The summed E-state index contributed by atoms with van der Waals surface area (Å²) in [6.45, 7) is 7.42. The average molecular weight is 245 g/mol. The highest BCUT2D eigenvalue weighted by atomic mass is 32.1. The fourth-order valence-corrected chi connectivity index (χ4v) is 2.65. The minimum atomic E-state index is 0.924. The van der Waals surface area contributed by atoms with Crippen molar-refractivity contribution < 1.29 is 0 Å². The van der Waals surface area contributed by atoms with Gasteiger partial charge in [-0.25, -0.2) is 0 Å². The molecule has 2 heteroatoms. The molecule has 17 heavy (non-hydrogen) atoms. The van der Waals surface area contributed by atoms with Gasteiger partial charge in [0.05, 0.1) is 0 Å². The predicted molar refractivity (Wildman–Crippen MR) is 76.9 cm³/mol. The van der Waals surface area contributed by atoms with Crippen LogP contribution in [-0.2, 0) is 13.0 Å². The van der Waals surface area contributed by atoms with E-state index in [1.807, 2.05) is 11.3 Å². The molecule has 1 N–H and O–H groups in total. The second kappa shape index (κ2) is 5.37. The Balaban J connectivity index is 1.99. The molecule has 0 fully saturated rings. The maximum absolute atomic E-state index is 3.48. The van der Waals surface area contributed by atoms with Crippen LogP contribution in [0.3, 0.4) is 0 Å². The van der Waals surface area contributed by atoms with Crippen LogP contribution < -0.4 is 5.32 Å². The third kappa shape index (κ3) is 3.10. The minimum absolute atomic E-state index is 0.924. The van der Waals surface area contributed by atoms with E-state index < -0.39 is 0 Å². The number of benzene rings is 1. The van der Waals surface area contributed by atoms with Crippen molar-refractivity contribution in [1.29, 1.82) is 0 Å². The Morgan fingerprint density at radius 2 is 1.76 bits per heavy atom. The molecule has 0 saturated carbocycles. The fraction of sp³-hybridized carbons (Fsp3) is 0.333. The molecule has 0 spiro atoms. The van der Waals surface area contributed by atoms with Gasteiger partial charge in [-0.05, 0) is 55.7 Å². The molecule has 1 heterocycles. The standard InChI is InChI=1S/C15H19NS/c1-4-14-7-8-15(17-14)10-16-13-6-5-11(2)12(3)9-13/h5-9,16H,4,10H2,1-3H3. The summed E-state index contributed by atoms with van der Waals surface area (Å²) in [4.78, 5) is 2.86. The van der Waals surface area contributed by atoms with Gasteiger partial charge in [0, 0.05) is 22.0 Å². The molecular weight excluding hydrogens is 226 g/mol. The van der Waals surface area contributed by atoms with E-state index in [0.717, 1.165) is 13.0 Å². The molecule has 0 saturated heterocycles. The van der Waals surface area contributed by atoms with Crippen LogP contribution in [0, 0.1) is 13.8 Å². The van der Waals surface area contributed by atoms with Gasteiger partial charge in [-0.15, -0.1) is 11.3 Å². The van der Waals surface area contributed by atoms with Crippen LogP contribution in [0.4, 0.5) is 5.69 Å². The third-order valence-electron chi connectivity index (χ3n) is 3.04. The summed E-state index contributed by atoms with van der Waals surface area (Å²) >= 11 is 1.90. The van der Waals surface area contributed by atoms with Gasteiger partial charge in [0.2, 0.25) is 0 Å². The smallest absolute Gasteiger partial charge is 0.0494 e. The number of rotatable bonds is 4. The molecule has 90 valence electrons. The van der Waals surface area contributed by atoms with Crippen molar-refractivity contribution in [3.05, 3.63) is 51.2 Å². The quantitative estimate of drug-likeness (QED) is 0.834. The summed E-state index contributed by atoms with van der Waals surface area (Å²) in [5.74, 6) is 0. The van der Waals surface area contributed by atoms with Crippen LogP contribution in [0.15, 0.2) is 30.3 Å². The maximum Gasteiger partial charge on any atom is 0.0494 e. The summed E-state index contributed by atoms with van der Waals surface area (Å²) in [7, 11) is 0. The van der Waals surface area contributed by atoms with E-state index >= 15 is 0 Å². The average Bonchev–Trinajstić information content (AvgIpc) is 2.79. The number of thiophene rings is 1. The van der Waals surface area contributed by atoms with Crippen molar-refractivity contribution >= 4 is 17.0 Å². The Labute approximate surface area is 108 Å². The molecule has 0 aliphatic carbocycles. The zero-order chi connectivity index (χ0) is 12.3. The van der Waals surface area contributed by atoms with Gasteiger partial charge in [-0.1, -0.05) is 13.0 Å². The normalized spacial score (nSPS) is 10.5. The molecule has 0 radical (unpaired) electrons. The summed E-state index contributed by atoms with van der Waals surface area (Å²) in [5, 5.41) is 3.48. The van der Waals surface area contributed by atoms with Gasteiger partial charge >= 0.3 is 0 Å². The first-order valence-corrected chi connectivity index (χ1v) is 6.89. The predicted octanol–water partition coefficient (Wildman–Crippen LogP) is 4.54. The largest absolute Gasteiger partial charge is 0.380 e. The first kappa shape index (κ1) is 12.2. The van der Waals surface area contributed by atoms with Crippen LogP contribution >= 0.6 is 11.3 Å². The zero-order valence-corrected chi connectivity index (χ0v) is 11.5. The Hall–Kier alpha value is -1.28. The molecule has 0 unspecified atom stereocenters. The van der Waals surface area contributed by atoms with Crippen molar-refractivity contribution in [2.75, 3.05) is 5.32 Å². The van der Waals surface area contributed by atoms with Gasteiger partial charge in [0.1, 0.15) is 0 Å². The van der Waals surface area contributed by atoms with E-state index in [1.54, 1.807) is 0 Å². The lowest BCUT2D eigenvalue weighted by Crippen LogP contribution is -1.97. The van der Waals surface area contributed by atoms with Crippen molar-refractivity contribution in [3.8, 4) is 0 Å². The molecule has 0 atom stereocenters. The monoisotopic (exact) mass is 245 g/mol. The second-order valence-corrected chi connectivity index (χ2v) is 5.63. The highest BCUT2D eigenvalue weighted by molar-refractivity contribution is 7.12. The lowest BCUT2D eigenvalue weighted by Gasteiger charge is -2.07. The zero-order valence-electron chi connectivity index (χ0n) is 10.7. The topological polar surface area (TPSA) is 12.0 Å². The molecular formula is C15H19NS. The van der Waals surface area contributed by atoms with E-state index in [4.69, 9.17) is 0 Å². The molecule has 0 aliphatic rings. The molecule has 2 aromatic rings. The summed E-state index contributed by atoms with van der Waals surface area (Å²) in [6, 6.07) is 11.0. The number of hydrogen-bond acceptors (Lipinski definition) is 2. The maximum atomic E-state index is 3.48. The molecule has 0 bridgehead atoms. The SMILES string of the molecule is CCc1ccc(CNc2ccc(C)c(C)c2)s1. The van der Waals surface area contributed by atoms with Gasteiger partial charge in [0.25, 0.3) is 0 Å². The molecule has 2 rings (SSSR count). The fourth-order valence-electron chi connectivity index (χ4n) is 1.75. The van der Waals surface area contributed by atoms with Crippen LogP contribution in [0.25, 0.3) is 0 Å². The minimum Gasteiger partial charge on any atom is -0.380 e. The van der Waals surface area contributed by atoms with Crippen molar-refractivity contribution in [1.82, 2.24) is 0 Å². The van der Waals surface area contributed by atoms with E-state index in [0.29, 0.717) is 0 Å². The van der Waals surface area contributed by atoms with E-state index in [2.05, 4.69) is 56.4 Å². The van der Waals surface area contributed by atoms with Gasteiger partial charge in [0.15, 0.2) is 0 Å².